The number of aliphatic hydroxyl groups is 1. The molecule has 0 aliphatic heterocycles. The normalized spacial score (nSPS) is 10.9. The largest absolute Gasteiger partial charge is 0.549 e. The second kappa shape index (κ2) is 67.3. The molecule has 0 saturated heterocycles. The number of nitrogens with zero attached hydrogens (tertiary/aromatic N) is 10. The Morgan fingerprint density at radius 2 is 0.371 bits per heavy atom. The number of aromatic carboxylic acids is 6. The average molecular weight is 1900 g/mol. The molecule has 0 spiro atoms. The highest BCUT2D eigenvalue weighted by Gasteiger charge is 2.35. The van der Waals surface area contributed by atoms with Crippen LogP contribution in [-0.2, 0) is 95.9 Å². The van der Waals surface area contributed by atoms with Crippen molar-refractivity contribution in [2.24, 2.45) is 0 Å². The van der Waals surface area contributed by atoms with Crippen molar-refractivity contribution in [3.05, 3.63) is 33.4 Å². The molecule has 0 aromatic heterocycles. The topological polar surface area (TPSA) is 1060 Å². The molecular weight excluding hydrogens is 1820 g/mol. The number of hydrogen-bond donors (Lipinski definition) is 12. The van der Waals surface area contributed by atoms with E-state index in [9.17, 15) is 206 Å². The van der Waals surface area contributed by atoms with Crippen molar-refractivity contribution in [3.63, 3.8) is 0 Å². The molecule has 0 heterocycles. The molecule has 63 heteroatoms. The molecule has 0 aliphatic rings. The van der Waals surface area contributed by atoms with E-state index in [1.165, 1.54) is 16.7 Å². The van der Waals surface area contributed by atoms with Crippen molar-refractivity contribution in [2.75, 3.05) is 190 Å². The minimum absolute atomic E-state index is 0.0451. The first kappa shape index (κ1) is 126. The lowest BCUT2D eigenvalue weighted by molar-refractivity contribution is -0.313. The smallest absolute Gasteiger partial charge is 0.337 e. The molecule has 744 valence electrons. The fourth-order valence-corrected chi connectivity index (χ4v) is 10.9. The van der Waals surface area contributed by atoms with E-state index in [4.69, 9.17) is 56.2 Å². The fraction of sp³-hybridized carbons (Fsp3) is 0.536. The van der Waals surface area contributed by atoms with Gasteiger partial charge in [-0.25, -0.2) is 14.4 Å². The summed E-state index contributed by atoms with van der Waals surface area (Å²) in [5, 5.41) is 265. The maximum absolute atomic E-state index is 11.2. The zero-order valence-corrected chi connectivity index (χ0v) is 68.8. The van der Waals surface area contributed by atoms with Crippen molar-refractivity contribution < 1.29 is 263 Å². The van der Waals surface area contributed by atoms with Gasteiger partial charge in [-0.15, -0.1) is 0 Å². The van der Waals surface area contributed by atoms with Crippen LogP contribution in [0.2, 0.25) is 0 Å². The third-order valence-corrected chi connectivity index (χ3v) is 15.3. The van der Waals surface area contributed by atoms with Crippen molar-refractivity contribution in [1.82, 2.24) is 49.0 Å². The van der Waals surface area contributed by atoms with Crippen molar-refractivity contribution >= 4 is 155 Å². The van der Waals surface area contributed by atoms with E-state index < -0.39 is 332 Å². The molecule has 0 fully saturated rings. The molecule has 132 heavy (non-hydrogen) atoms. The highest BCUT2D eigenvalue weighted by atomic mass is 16.5. The molecule has 1 aromatic carbocycles. The third kappa shape index (κ3) is 67.3. The van der Waals surface area contributed by atoms with Crippen LogP contribution >= 0.6 is 0 Å². The first-order chi connectivity index (χ1) is 60.7. The Bertz CT molecular complexity index is 3700. The molecule has 0 bridgehead atoms. The Balaban J connectivity index is -0.000000489. The summed E-state index contributed by atoms with van der Waals surface area (Å²) in [5.74, 6) is -42.4. The van der Waals surface area contributed by atoms with Crippen LogP contribution < -0.4 is 76.6 Å². The van der Waals surface area contributed by atoms with Crippen LogP contribution in [0.25, 0.3) is 0 Å². The van der Waals surface area contributed by atoms with Crippen molar-refractivity contribution in [2.45, 2.75) is 51.2 Å². The molecule has 0 radical (unpaired) electrons. The van der Waals surface area contributed by atoms with Crippen LogP contribution in [0.5, 0.6) is 0 Å². The molecular formula is C69H85N10O53-15. The number of carbonyl (C=O) groups is 26. The Labute approximate surface area is 739 Å². The highest BCUT2D eigenvalue weighted by Crippen LogP contribution is 2.29. The Morgan fingerprint density at radius 1 is 0.205 bits per heavy atom. The molecule has 1 atom stereocenters. The van der Waals surface area contributed by atoms with Gasteiger partial charge in [-0.1, -0.05) is 12.8 Å². The van der Waals surface area contributed by atoms with Gasteiger partial charge in [0.2, 0.25) is 0 Å². The Kier molecular flexibility index (Phi) is 64.0. The summed E-state index contributed by atoms with van der Waals surface area (Å²) >= 11 is 0. The number of benzene rings is 1. The molecule has 1 rings (SSSR count). The lowest BCUT2D eigenvalue weighted by Crippen LogP contribution is -2.52. The molecule has 0 saturated carbocycles. The summed E-state index contributed by atoms with van der Waals surface area (Å²) in [6.45, 7) is -11.3. The minimum Gasteiger partial charge on any atom is -0.549 e. The van der Waals surface area contributed by atoms with E-state index in [1.54, 1.807) is 0 Å². The molecule has 0 aliphatic carbocycles. The van der Waals surface area contributed by atoms with E-state index in [0.717, 1.165) is 39.2 Å². The third-order valence-electron chi connectivity index (χ3n) is 15.3. The summed E-state index contributed by atoms with van der Waals surface area (Å²) in [6, 6.07) is -0.738. The van der Waals surface area contributed by atoms with Crippen LogP contribution in [0.4, 0.5) is 0 Å². The average Bonchev–Trinajstić information content (AvgIpc) is 0.737. The van der Waals surface area contributed by atoms with Crippen LogP contribution in [0.1, 0.15) is 101 Å². The van der Waals surface area contributed by atoms with E-state index in [2.05, 4.69) is 0 Å². The van der Waals surface area contributed by atoms with E-state index in [0.29, 0.717) is 25.7 Å². The van der Waals surface area contributed by atoms with Gasteiger partial charge in [0.15, 0.2) is 0 Å². The van der Waals surface area contributed by atoms with Gasteiger partial charge >= 0.3 is 65.7 Å². The SMILES string of the molecule is CC(CN(CC(=O)[O-])CC(=O)[O-])N(CC(=O)[O-])CC(=O)O.O=C([O-])CN(CC(=O)O)CC(O)CN(CC(=O)[O-])CC(=O)O.O=C([O-])CN(CCCCCCN(CC(=O)[O-])CC(=O)O)CC(=O)O.O=C([O-])CN(CCCN(CC(=O)[O-])CC(=O)O)CC(=O)O.O=C([O-])CN(CCN(CC(=O)[O-])CC(=O)O)CC(=O)[O-].O=C([O-])c1c(C(=O)O)c(C(=O)[O-])c(C(=O)O)c(C(=O)[O-])c1C(=O)O. The van der Waals surface area contributed by atoms with Gasteiger partial charge < -0.3 is 210 Å². The summed E-state index contributed by atoms with van der Waals surface area (Å²) in [7, 11) is 0. The number of aliphatic carboxylic acids is 20. The summed E-state index contributed by atoms with van der Waals surface area (Å²) in [4.78, 5) is 287. The number of carboxylic acids is 26. The van der Waals surface area contributed by atoms with Gasteiger partial charge in [0.05, 0.1) is 165 Å². The second-order valence-corrected chi connectivity index (χ2v) is 26.6. The van der Waals surface area contributed by atoms with Crippen LogP contribution in [0.15, 0.2) is 0 Å². The van der Waals surface area contributed by atoms with Gasteiger partial charge in [-0.2, -0.15) is 0 Å². The van der Waals surface area contributed by atoms with Crippen LogP contribution in [0.3, 0.4) is 0 Å². The number of aliphatic hydroxyl groups excluding tert-OH is 1. The van der Waals surface area contributed by atoms with Crippen molar-refractivity contribution in [1.29, 1.82) is 0 Å². The zero-order valence-electron chi connectivity index (χ0n) is 68.8. The summed E-state index contributed by atoms with van der Waals surface area (Å²) < 4.78 is 0. The van der Waals surface area contributed by atoms with E-state index in [-0.39, 0.29) is 65.3 Å². The molecule has 0 amide bonds. The second-order valence-electron chi connectivity index (χ2n) is 26.6. The predicted molar refractivity (Wildman–Crippen MR) is 380 cm³/mol. The zero-order chi connectivity index (χ0) is 103. The van der Waals surface area contributed by atoms with Gasteiger partial charge in [-0.05, 0) is 39.3 Å². The molecule has 63 nitrogen and oxygen atoms in total. The van der Waals surface area contributed by atoms with Crippen LogP contribution in [0, 0.1) is 0 Å². The highest BCUT2D eigenvalue weighted by molar-refractivity contribution is 6.22. The van der Waals surface area contributed by atoms with Gasteiger partial charge in [-0.3, -0.25) is 87.4 Å². The lowest BCUT2D eigenvalue weighted by atomic mass is 9.86. The van der Waals surface area contributed by atoms with Crippen LogP contribution in [-0.4, -0.2) is 467 Å². The molecule has 1 unspecified atom stereocenters. The number of rotatable bonds is 67. The quantitative estimate of drug-likeness (QED) is 0.0270. The Hall–Kier alpha value is -15.0. The number of hydrogen-bond acceptors (Lipinski definition) is 52. The maximum atomic E-state index is 11.2. The summed E-state index contributed by atoms with van der Waals surface area (Å²) in [6.07, 6.45) is 1.32. The van der Waals surface area contributed by atoms with Gasteiger partial charge in [0.1, 0.15) is 0 Å². The first-order valence-corrected chi connectivity index (χ1v) is 36.4. The van der Waals surface area contributed by atoms with E-state index in [1.807, 2.05) is 0 Å². The Morgan fingerprint density at radius 3 is 0.553 bits per heavy atom. The van der Waals surface area contributed by atoms with Gasteiger partial charge in [0.25, 0.3) is 0 Å². The molecule has 1 aromatic rings. The number of carboxylic acid groups (broad SMARTS) is 26. The first-order valence-electron chi connectivity index (χ1n) is 36.4. The maximum Gasteiger partial charge on any atom is 0.337 e. The standard InChI is InChI=1S/C14H24N2O8.C12H6O12.C11H18N2O9.2C11H18N2O8.C10H16N2O8/c17-11(18)7-15(8-12(19)20)5-3-1-2-4-6-16(9-13(21)22)10-14(23)24;13-7(14)1-2(8(15)16)4(10(19)20)6(12(23)24)5(11(21)22)3(1)9(17)18;14-7(1-12(3-8(15)16)4-9(17)18)2-13(5-10(19)20)6-11(21)22;1-7(13(5-10(18)19)6-11(20)21)2-12(3-8(14)15)4-9(16)17;14-8(15)4-12(5-9(16)17)2-1-3-13(6-10(18)19)7-11(20)21;13-7(14)3-11(4-8(15)16)1-2-12(5-9(17)18)6-10(19)20/h1-10H2,(H,17,18)(H,19,20)(H,21,22)(H,23,24);(H,13,14)(H,15,16)(H,17,18)(H,19,20)(H,21,22)(H,23,24);7,14H,1-6H2,(H,15,16)(H,17,18)(H,19,20)(H,21,22);7H,2-6H2,1H3,(H,14,15)(H,16,17)(H,18,19)(H,20,21);1-7H2,(H,14,15)(H,16,17)(H,18,19)(H,20,21);1-6H2,(H,13,14)(H,15,16)(H,17,18)(H,19,20)/p-15. The number of carbonyl (C=O) groups excluding carboxylic acids is 15. The monoisotopic (exact) mass is 1900 g/mol. The number of unbranched alkanes of at least 4 members (excludes halogenated alkanes) is 3. The summed E-state index contributed by atoms with van der Waals surface area (Å²) in [5.41, 5.74) is -11.0. The van der Waals surface area contributed by atoms with Gasteiger partial charge in [0, 0.05) is 147 Å². The fourth-order valence-electron chi connectivity index (χ4n) is 10.9. The van der Waals surface area contributed by atoms with E-state index >= 15 is 0 Å². The van der Waals surface area contributed by atoms with Crippen molar-refractivity contribution in [3.8, 4) is 0 Å². The molecule has 12 N–H and O–H groups in total. The minimum atomic E-state index is -2.56. The predicted octanol–water partition coefficient (Wildman–Crippen LogP) is -28.8. The lowest BCUT2D eigenvalue weighted by Gasteiger charge is -2.33.